The third kappa shape index (κ3) is 2.61. The summed E-state index contributed by atoms with van der Waals surface area (Å²) in [5.41, 5.74) is 6.20. The number of primary amides is 1. The molecule has 0 bridgehead atoms. The Morgan fingerprint density at radius 1 is 1.56 bits per heavy atom. The van der Waals surface area contributed by atoms with Crippen LogP contribution < -0.4 is 10.5 Å². The fraction of sp³-hybridized carbons (Fsp3) is 0.385. The second-order valence-corrected chi connectivity index (χ2v) is 4.43. The van der Waals surface area contributed by atoms with Gasteiger partial charge in [0.15, 0.2) is 0 Å². The van der Waals surface area contributed by atoms with E-state index in [0.29, 0.717) is 13.1 Å². The number of rotatable bonds is 4. The van der Waals surface area contributed by atoms with Gasteiger partial charge in [-0.1, -0.05) is 12.1 Å². The van der Waals surface area contributed by atoms with Crippen molar-refractivity contribution < 1.29 is 14.3 Å². The van der Waals surface area contributed by atoms with Gasteiger partial charge in [-0.2, -0.15) is 0 Å². The maximum absolute atomic E-state index is 11.7. The molecule has 0 aliphatic carbocycles. The van der Waals surface area contributed by atoms with Crippen LogP contribution in [0, 0.1) is 5.92 Å². The van der Waals surface area contributed by atoms with Crippen molar-refractivity contribution in [2.45, 2.75) is 13.0 Å². The highest BCUT2D eigenvalue weighted by atomic mass is 16.5. The van der Waals surface area contributed by atoms with Gasteiger partial charge in [-0.3, -0.25) is 9.59 Å². The average Bonchev–Trinajstić information content (AvgIpc) is 2.71. The minimum absolute atomic E-state index is 0.0263. The topological polar surface area (TPSA) is 72.6 Å². The van der Waals surface area contributed by atoms with E-state index in [4.69, 9.17) is 10.5 Å². The zero-order chi connectivity index (χ0) is 13.1. The molecular formula is C13H16N2O3. The lowest BCUT2D eigenvalue weighted by Crippen LogP contribution is -2.28. The molecule has 1 unspecified atom stereocenters. The van der Waals surface area contributed by atoms with Crippen LogP contribution in [0.25, 0.3) is 0 Å². The molecule has 5 heteroatoms. The highest BCUT2D eigenvalue weighted by molar-refractivity contribution is 5.88. The molecule has 0 aromatic heterocycles. The maximum atomic E-state index is 11.7. The van der Waals surface area contributed by atoms with Crippen LogP contribution in [0.3, 0.4) is 0 Å². The Kier molecular flexibility index (Phi) is 3.50. The van der Waals surface area contributed by atoms with Gasteiger partial charge in [0.2, 0.25) is 11.8 Å². The number of nitrogens with zero attached hydrogens (tertiary/aromatic N) is 1. The molecule has 0 saturated carbocycles. The van der Waals surface area contributed by atoms with Gasteiger partial charge in [-0.15, -0.1) is 0 Å². The summed E-state index contributed by atoms with van der Waals surface area (Å²) in [5.74, 6) is -0.0354. The fourth-order valence-electron chi connectivity index (χ4n) is 2.11. The third-order valence-corrected chi connectivity index (χ3v) is 3.12. The highest BCUT2D eigenvalue weighted by Crippen LogP contribution is 2.21. The Morgan fingerprint density at radius 3 is 2.94 bits per heavy atom. The lowest BCUT2D eigenvalue weighted by molar-refractivity contribution is -0.128. The molecular weight excluding hydrogens is 232 g/mol. The first kappa shape index (κ1) is 12.4. The molecule has 5 nitrogen and oxygen atoms in total. The molecule has 2 rings (SSSR count). The molecule has 1 aliphatic heterocycles. The SMILES string of the molecule is COc1cccc(CN2CC(C(N)=O)CC2=O)c1. The molecule has 0 radical (unpaired) electrons. The van der Waals surface area contributed by atoms with Crippen molar-refractivity contribution in [2.75, 3.05) is 13.7 Å². The van der Waals surface area contributed by atoms with Gasteiger partial charge in [-0.25, -0.2) is 0 Å². The van der Waals surface area contributed by atoms with Gasteiger partial charge in [0, 0.05) is 19.5 Å². The zero-order valence-electron chi connectivity index (χ0n) is 10.3. The van der Waals surface area contributed by atoms with Crippen LogP contribution in [0.15, 0.2) is 24.3 Å². The molecule has 1 atom stereocenters. The van der Waals surface area contributed by atoms with Crippen LogP contribution in [0.5, 0.6) is 5.75 Å². The molecule has 2 N–H and O–H groups in total. The number of benzene rings is 1. The van der Waals surface area contributed by atoms with E-state index in [2.05, 4.69) is 0 Å². The zero-order valence-corrected chi connectivity index (χ0v) is 10.3. The van der Waals surface area contributed by atoms with E-state index in [-0.39, 0.29) is 18.2 Å². The fourth-order valence-corrected chi connectivity index (χ4v) is 2.11. The van der Waals surface area contributed by atoms with Crippen molar-refractivity contribution in [2.24, 2.45) is 11.7 Å². The number of methoxy groups -OCH3 is 1. The summed E-state index contributed by atoms with van der Waals surface area (Å²) in [6.45, 7) is 0.894. The lowest BCUT2D eigenvalue weighted by Gasteiger charge is -2.16. The average molecular weight is 248 g/mol. The van der Waals surface area contributed by atoms with Crippen LogP contribution in [-0.4, -0.2) is 30.4 Å². The van der Waals surface area contributed by atoms with E-state index in [1.165, 1.54) is 0 Å². The number of likely N-dealkylation sites (tertiary alicyclic amines) is 1. The number of hydrogen-bond acceptors (Lipinski definition) is 3. The second-order valence-electron chi connectivity index (χ2n) is 4.43. The Labute approximate surface area is 106 Å². The lowest BCUT2D eigenvalue weighted by atomic mass is 10.1. The van der Waals surface area contributed by atoms with Crippen LogP contribution in [0.1, 0.15) is 12.0 Å². The number of carbonyl (C=O) groups excluding carboxylic acids is 2. The smallest absolute Gasteiger partial charge is 0.223 e. The van der Waals surface area contributed by atoms with Gasteiger partial charge in [0.05, 0.1) is 13.0 Å². The van der Waals surface area contributed by atoms with Gasteiger partial charge < -0.3 is 15.4 Å². The molecule has 1 aromatic rings. The van der Waals surface area contributed by atoms with E-state index in [1.807, 2.05) is 24.3 Å². The van der Waals surface area contributed by atoms with E-state index in [1.54, 1.807) is 12.0 Å². The van der Waals surface area contributed by atoms with Crippen molar-refractivity contribution in [3.8, 4) is 5.75 Å². The summed E-state index contributed by atoms with van der Waals surface area (Å²) in [4.78, 5) is 24.5. The van der Waals surface area contributed by atoms with E-state index < -0.39 is 5.91 Å². The van der Waals surface area contributed by atoms with Gasteiger partial charge in [0.25, 0.3) is 0 Å². The van der Waals surface area contributed by atoms with Crippen molar-refractivity contribution >= 4 is 11.8 Å². The minimum Gasteiger partial charge on any atom is -0.497 e. The predicted molar refractivity (Wildman–Crippen MR) is 65.7 cm³/mol. The normalized spacial score (nSPS) is 19.1. The third-order valence-electron chi connectivity index (χ3n) is 3.12. The Morgan fingerprint density at radius 2 is 2.33 bits per heavy atom. The summed E-state index contributed by atoms with van der Waals surface area (Å²) in [5, 5.41) is 0. The summed E-state index contributed by atoms with van der Waals surface area (Å²) in [6, 6.07) is 7.53. The van der Waals surface area contributed by atoms with E-state index in [0.717, 1.165) is 11.3 Å². The monoisotopic (exact) mass is 248 g/mol. The quantitative estimate of drug-likeness (QED) is 0.844. The molecule has 2 amide bonds. The molecule has 0 spiro atoms. The minimum atomic E-state index is -0.406. The van der Waals surface area contributed by atoms with E-state index >= 15 is 0 Å². The number of carbonyl (C=O) groups is 2. The maximum Gasteiger partial charge on any atom is 0.223 e. The van der Waals surface area contributed by atoms with Gasteiger partial charge in [-0.05, 0) is 17.7 Å². The Hall–Kier alpha value is -2.04. The van der Waals surface area contributed by atoms with Crippen LogP contribution in [0.2, 0.25) is 0 Å². The van der Waals surface area contributed by atoms with Gasteiger partial charge in [0.1, 0.15) is 5.75 Å². The molecule has 18 heavy (non-hydrogen) atoms. The number of ether oxygens (including phenoxy) is 1. The number of hydrogen-bond donors (Lipinski definition) is 1. The van der Waals surface area contributed by atoms with Crippen LogP contribution in [-0.2, 0) is 16.1 Å². The first-order valence-electron chi connectivity index (χ1n) is 5.80. The van der Waals surface area contributed by atoms with Crippen LogP contribution in [0.4, 0.5) is 0 Å². The van der Waals surface area contributed by atoms with Crippen molar-refractivity contribution in [3.05, 3.63) is 29.8 Å². The predicted octanol–water partition coefficient (Wildman–Crippen LogP) is 0.529. The molecule has 1 aliphatic rings. The molecule has 1 aromatic carbocycles. The second kappa shape index (κ2) is 5.08. The summed E-state index contributed by atoms with van der Waals surface area (Å²) < 4.78 is 5.13. The first-order valence-corrected chi connectivity index (χ1v) is 5.80. The van der Waals surface area contributed by atoms with Crippen LogP contribution >= 0.6 is 0 Å². The van der Waals surface area contributed by atoms with Crippen molar-refractivity contribution in [1.82, 2.24) is 4.90 Å². The standard InChI is InChI=1S/C13H16N2O3/c1-18-11-4-2-3-9(5-11)7-15-8-10(13(14)17)6-12(15)16/h2-5,10H,6-8H2,1H3,(H2,14,17). The summed E-state index contributed by atoms with van der Waals surface area (Å²) >= 11 is 0. The van der Waals surface area contributed by atoms with Gasteiger partial charge >= 0.3 is 0 Å². The van der Waals surface area contributed by atoms with Crippen molar-refractivity contribution in [3.63, 3.8) is 0 Å². The summed E-state index contributed by atoms with van der Waals surface area (Å²) in [7, 11) is 1.60. The number of nitrogens with two attached hydrogens (primary N) is 1. The molecule has 1 saturated heterocycles. The number of amides is 2. The van der Waals surface area contributed by atoms with E-state index in [9.17, 15) is 9.59 Å². The Balaban J connectivity index is 2.05. The largest absolute Gasteiger partial charge is 0.497 e. The molecule has 1 heterocycles. The Bertz CT molecular complexity index is 473. The first-order chi connectivity index (χ1) is 8.60. The van der Waals surface area contributed by atoms with Crippen molar-refractivity contribution in [1.29, 1.82) is 0 Å². The summed E-state index contributed by atoms with van der Waals surface area (Å²) in [6.07, 6.45) is 0.222. The molecule has 96 valence electrons. The highest BCUT2D eigenvalue weighted by Gasteiger charge is 2.32. The molecule has 1 fully saturated rings.